The zero-order chi connectivity index (χ0) is 22.3. The van der Waals surface area contributed by atoms with Gasteiger partial charge in [-0.3, -0.25) is 9.58 Å². The van der Waals surface area contributed by atoms with E-state index in [1.165, 1.54) is 17.2 Å². The largest absolute Gasteiger partial charge is 0.490 e. The summed E-state index contributed by atoms with van der Waals surface area (Å²) in [6, 6.07) is 18.9. The molecule has 3 aromatic rings. The van der Waals surface area contributed by atoms with E-state index in [2.05, 4.69) is 53.3 Å². The lowest BCUT2D eigenvalue weighted by molar-refractivity contribution is -0.0291. The van der Waals surface area contributed by atoms with E-state index in [1.807, 2.05) is 17.8 Å². The number of benzene rings is 2. The molecule has 1 aliphatic heterocycles. The second-order valence-corrected chi connectivity index (χ2v) is 8.21. The fraction of sp³-hybridized carbons (Fsp3) is 0.346. The highest BCUT2D eigenvalue weighted by Gasteiger charge is 2.25. The van der Waals surface area contributed by atoms with Crippen molar-refractivity contribution in [2.45, 2.75) is 19.4 Å². The normalized spacial score (nSPS) is 17.5. The third-order valence-corrected chi connectivity index (χ3v) is 5.61. The number of halogens is 1. The zero-order valence-corrected chi connectivity index (χ0v) is 18.7. The van der Waals surface area contributed by atoms with Crippen molar-refractivity contribution in [3.05, 3.63) is 89.0 Å². The van der Waals surface area contributed by atoms with E-state index in [1.54, 1.807) is 18.2 Å². The molecule has 0 N–H and O–H groups in total. The van der Waals surface area contributed by atoms with Gasteiger partial charge in [-0.1, -0.05) is 54.1 Å². The quantitative estimate of drug-likeness (QED) is 0.516. The van der Waals surface area contributed by atoms with E-state index in [0.717, 1.165) is 31.0 Å². The molecule has 1 saturated heterocycles. The van der Waals surface area contributed by atoms with Gasteiger partial charge in [-0.25, -0.2) is 4.39 Å². The summed E-state index contributed by atoms with van der Waals surface area (Å²) in [6.07, 6.45) is 2.83. The molecule has 32 heavy (non-hydrogen) atoms. The Bertz CT molecular complexity index is 1050. The average molecular weight is 436 g/mol. The highest BCUT2D eigenvalue weighted by Crippen LogP contribution is 2.23. The Kier molecular flexibility index (Phi) is 7.35. The highest BCUT2D eigenvalue weighted by molar-refractivity contribution is 5.52. The van der Waals surface area contributed by atoms with Crippen LogP contribution in [0.2, 0.25) is 0 Å². The highest BCUT2D eigenvalue weighted by atomic mass is 19.1. The molecule has 2 heterocycles. The first-order valence-corrected chi connectivity index (χ1v) is 11.0. The van der Waals surface area contributed by atoms with E-state index >= 15 is 0 Å². The first-order chi connectivity index (χ1) is 15.6. The zero-order valence-electron chi connectivity index (χ0n) is 18.7. The molecule has 0 amide bonds. The monoisotopic (exact) mass is 435 g/mol. The average Bonchev–Trinajstić information content (AvgIpc) is 3.16. The number of aromatic nitrogens is 2. The first kappa shape index (κ1) is 22.2. The summed E-state index contributed by atoms with van der Waals surface area (Å²) in [5.41, 5.74) is 4.52. The molecule has 2 aromatic carbocycles. The van der Waals surface area contributed by atoms with Crippen LogP contribution in [-0.2, 0) is 18.2 Å². The molecule has 1 atom stereocenters. The Morgan fingerprint density at radius 2 is 1.97 bits per heavy atom. The Hall–Kier alpha value is -2.96. The van der Waals surface area contributed by atoms with Crippen LogP contribution in [-0.4, -0.2) is 47.5 Å². The molecule has 0 saturated carbocycles. The van der Waals surface area contributed by atoms with Gasteiger partial charge in [-0.15, -0.1) is 0 Å². The molecule has 4 rings (SSSR count). The summed E-state index contributed by atoms with van der Waals surface area (Å²) in [4.78, 5) is 2.42. The molecule has 0 spiro atoms. The van der Waals surface area contributed by atoms with Gasteiger partial charge in [0.1, 0.15) is 6.10 Å². The van der Waals surface area contributed by atoms with Crippen molar-refractivity contribution >= 4 is 6.08 Å². The van der Waals surface area contributed by atoms with Gasteiger partial charge < -0.3 is 9.47 Å². The molecule has 5 nitrogen and oxygen atoms in total. The number of hydrogen-bond donors (Lipinski definition) is 0. The molecule has 168 valence electrons. The number of ether oxygens (including phenoxy) is 2. The summed E-state index contributed by atoms with van der Waals surface area (Å²) in [5, 5.41) is 4.68. The van der Waals surface area contributed by atoms with Gasteiger partial charge >= 0.3 is 0 Å². The summed E-state index contributed by atoms with van der Waals surface area (Å²) >= 11 is 0. The minimum atomic E-state index is -0.342. The molecular formula is C26H30FN3O2. The third kappa shape index (κ3) is 5.84. The second kappa shape index (κ2) is 10.6. The van der Waals surface area contributed by atoms with Crippen molar-refractivity contribution in [3.8, 4) is 5.75 Å². The Morgan fingerprint density at radius 1 is 1.19 bits per heavy atom. The van der Waals surface area contributed by atoms with Crippen LogP contribution in [0.4, 0.5) is 4.39 Å². The third-order valence-electron chi connectivity index (χ3n) is 5.61. The van der Waals surface area contributed by atoms with E-state index in [4.69, 9.17) is 9.47 Å². The van der Waals surface area contributed by atoms with Crippen LogP contribution in [0.25, 0.3) is 6.08 Å². The maximum atomic E-state index is 13.7. The Balaban J connectivity index is 1.33. The van der Waals surface area contributed by atoms with Crippen molar-refractivity contribution < 1.29 is 13.9 Å². The van der Waals surface area contributed by atoms with Crippen LogP contribution in [0.5, 0.6) is 5.75 Å². The minimum Gasteiger partial charge on any atom is -0.490 e. The van der Waals surface area contributed by atoms with Gasteiger partial charge in [-0.05, 0) is 30.7 Å². The van der Waals surface area contributed by atoms with Gasteiger partial charge in [-0.2, -0.15) is 5.10 Å². The lowest BCUT2D eigenvalue weighted by Gasteiger charge is -2.32. The predicted octanol–water partition coefficient (Wildman–Crippen LogP) is 4.66. The first-order valence-electron chi connectivity index (χ1n) is 11.0. The smallest absolute Gasteiger partial charge is 0.165 e. The van der Waals surface area contributed by atoms with E-state index < -0.39 is 0 Å². The van der Waals surface area contributed by atoms with E-state index in [-0.39, 0.29) is 17.7 Å². The van der Waals surface area contributed by atoms with Gasteiger partial charge in [0.15, 0.2) is 11.6 Å². The van der Waals surface area contributed by atoms with Crippen LogP contribution in [0.1, 0.15) is 30.0 Å². The summed E-state index contributed by atoms with van der Waals surface area (Å²) in [6.45, 7) is 5.87. The SMILES string of the molecule is C/C(=C\c1ccccc1)CN1CCOC(c2cc(CCOc3ccccc3F)n(C)n2)C1. The van der Waals surface area contributed by atoms with Crippen molar-refractivity contribution in [2.24, 2.45) is 7.05 Å². The van der Waals surface area contributed by atoms with Crippen molar-refractivity contribution in [2.75, 3.05) is 32.8 Å². The molecule has 1 fully saturated rings. The molecule has 1 aliphatic rings. The van der Waals surface area contributed by atoms with Crippen LogP contribution in [0.3, 0.4) is 0 Å². The van der Waals surface area contributed by atoms with Crippen molar-refractivity contribution in [3.63, 3.8) is 0 Å². The van der Waals surface area contributed by atoms with Crippen LogP contribution < -0.4 is 4.74 Å². The van der Waals surface area contributed by atoms with Gasteiger partial charge in [0, 0.05) is 38.8 Å². The maximum absolute atomic E-state index is 13.7. The standard InChI is InChI=1S/C26H30FN3O2/c1-20(16-21-8-4-3-5-9-21)18-30-13-15-32-26(19-30)24-17-22(29(2)28-24)12-14-31-25-11-7-6-10-23(25)27/h3-11,16-17,26H,12-15,18-19H2,1-2H3/b20-16+. The van der Waals surface area contributed by atoms with Crippen LogP contribution >= 0.6 is 0 Å². The molecule has 6 heteroatoms. The number of aryl methyl sites for hydroxylation is 1. The Morgan fingerprint density at radius 3 is 2.78 bits per heavy atom. The van der Waals surface area contributed by atoms with Crippen molar-refractivity contribution in [1.29, 1.82) is 0 Å². The molecule has 0 radical (unpaired) electrons. The number of nitrogens with zero attached hydrogens (tertiary/aromatic N) is 3. The number of morpholine rings is 1. The number of para-hydroxylation sites is 1. The number of rotatable bonds is 8. The van der Waals surface area contributed by atoms with Crippen molar-refractivity contribution in [1.82, 2.24) is 14.7 Å². The fourth-order valence-electron chi connectivity index (χ4n) is 4.01. The lowest BCUT2D eigenvalue weighted by atomic mass is 10.1. The predicted molar refractivity (Wildman–Crippen MR) is 124 cm³/mol. The summed E-state index contributed by atoms with van der Waals surface area (Å²) < 4.78 is 27.2. The van der Waals surface area contributed by atoms with Gasteiger partial charge in [0.2, 0.25) is 0 Å². The van der Waals surface area contributed by atoms with E-state index in [9.17, 15) is 4.39 Å². The molecule has 0 aliphatic carbocycles. The molecule has 1 aromatic heterocycles. The topological polar surface area (TPSA) is 39.5 Å². The number of hydrogen-bond acceptors (Lipinski definition) is 4. The molecular weight excluding hydrogens is 405 g/mol. The van der Waals surface area contributed by atoms with Crippen LogP contribution in [0, 0.1) is 5.82 Å². The summed E-state index contributed by atoms with van der Waals surface area (Å²) in [7, 11) is 1.93. The molecule has 1 unspecified atom stereocenters. The Labute approximate surface area is 189 Å². The fourth-order valence-corrected chi connectivity index (χ4v) is 4.01. The molecule has 0 bridgehead atoms. The maximum Gasteiger partial charge on any atom is 0.165 e. The van der Waals surface area contributed by atoms with E-state index in [0.29, 0.717) is 19.6 Å². The lowest BCUT2D eigenvalue weighted by Crippen LogP contribution is -2.39. The van der Waals surface area contributed by atoms with Gasteiger partial charge in [0.25, 0.3) is 0 Å². The second-order valence-electron chi connectivity index (χ2n) is 8.21. The minimum absolute atomic E-state index is 0.0549. The summed E-state index contributed by atoms with van der Waals surface area (Å²) in [5.74, 6) is -0.0643. The van der Waals surface area contributed by atoms with Gasteiger partial charge in [0.05, 0.1) is 18.9 Å². The van der Waals surface area contributed by atoms with Crippen LogP contribution in [0.15, 0.2) is 66.2 Å².